The summed E-state index contributed by atoms with van der Waals surface area (Å²) in [5, 5.41) is 0. The smallest absolute Gasteiger partial charge is 0.309 e. The van der Waals surface area contributed by atoms with Gasteiger partial charge in [0, 0.05) is 6.42 Å². The van der Waals surface area contributed by atoms with E-state index in [4.69, 9.17) is 9.47 Å². The van der Waals surface area contributed by atoms with Gasteiger partial charge in [0.15, 0.2) is 0 Å². The van der Waals surface area contributed by atoms with Crippen molar-refractivity contribution in [3.63, 3.8) is 0 Å². The van der Waals surface area contributed by atoms with Crippen LogP contribution in [0.25, 0.3) is 0 Å². The highest BCUT2D eigenvalue weighted by atomic mass is 16.6. The van der Waals surface area contributed by atoms with Crippen molar-refractivity contribution in [1.82, 2.24) is 0 Å². The largest absolute Gasteiger partial charge is 0.465 e. The predicted molar refractivity (Wildman–Crippen MR) is 74.7 cm³/mol. The van der Waals surface area contributed by atoms with Gasteiger partial charge in [0.1, 0.15) is 6.10 Å². The zero-order valence-corrected chi connectivity index (χ0v) is 12.7. The van der Waals surface area contributed by atoms with Crippen LogP contribution in [0.3, 0.4) is 0 Å². The molecular formula is C15H28O4. The molecule has 0 heterocycles. The molecule has 0 saturated heterocycles. The number of carbonyl (C=O) groups is 2. The van der Waals surface area contributed by atoms with Crippen LogP contribution in [0.5, 0.6) is 0 Å². The van der Waals surface area contributed by atoms with Gasteiger partial charge >= 0.3 is 11.9 Å². The molecule has 0 fully saturated rings. The standard InChI is InChI=1S/C15H28O4/c1-5-7-8-9-14(16)19-13(6-2)10-15(17)18-11-12(3)4/h12-13H,5-11H2,1-4H3/t13-/m1/s1. The molecule has 1 atom stereocenters. The van der Waals surface area contributed by atoms with Gasteiger partial charge < -0.3 is 9.47 Å². The molecule has 0 aromatic carbocycles. The number of carbonyl (C=O) groups excluding carboxylic acids is 2. The van der Waals surface area contributed by atoms with Crippen LogP contribution in [0.1, 0.15) is 66.2 Å². The number of hydrogen-bond acceptors (Lipinski definition) is 4. The first-order valence-corrected chi connectivity index (χ1v) is 7.34. The Balaban J connectivity index is 3.92. The molecule has 4 heteroatoms. The van der Waals surface area contributed by atoms with Crippen LogP contribution >= 0.6 is 0 Å². The molecule has 0 unspecified atom stereocenters. The summed E-state index contributed by atoms with van der Waals surface area (Å²) in [6.45, 7) is 8.38. The first-order chi connectivity index (χ1) is 8.99. The van der Waals surface area contributed by atoms with Crippen molar-refractivity contribution in [2.45, 2.75) is 72.3 Å². The van der Waals surface area contributed by atoms with Gasteiger partial charge in [0.2, 0.25) is 0 Å². The molecule has 0 amide bonds. The van der Waals surface area contributed by atoms with Crippen molar-refractivity contribution in [3.8, 4) is 0 Å². The minimum Gasteiger partial charge on any atom is -0.465 e. The summed E-state index contributed by atoms with van der Waals surface area (Å²) < 4.78 is 10.4. The lowest BCUT2D eigenvalue weighted by Crippen LogP contribution is -2.23. The molecule has 0 rings (SSSR count). The molecule has 0 bridgehead atoms. The van der Waals surface area contributed by atoms with Gasteiger partial charge in [-0.15, -0.1) is 0 Å². The van der Waals surface area contributed by atoms with E-state index in [-0.39, 0.29) is 24.5 Å². The third-order valence-corrected chi connectivity index (χ3v) is 2.71. The summed E-state index contributed by atoms with van der Waals surface area (Å²) in [7, 11) is 0. The Morgan fingerprint density at radius 1 is 1.05 bits per heavy atom. The normalized spacial score (nSPS) is 12.3. The molecule has 0 spiro atoms. The van der Waals surface area contributed by atoms with Crippen molar-refractivity contribution in [3.05, 3.63) is 0 Å². The van der Waals surface area contributed by atoms with Crippen molar-refractivity contribution in [2.24, 2.45) is 5.92 Å². The molecule has 0 aliphatic heterocycles. The number of hydrogen-bond donors (Lipinski definition) is 0. The van der Waals surface area contributed by atoms with Crippen molar-refractivity contribution in [1.29, 1.82) is 0 Å². The topological polar surface area (TPSA) is 52.6 Å². The van der Waals surface area contributed by atoms with E-state index in [1.165, 1.54) is 0 Å². The Bertz CT molecular complexity index is 261. The molecule has 0 N–H and O–H groups in total. The fourth-order valence-electron chi connectivity index (χ4n) is 1.54. The highest BCUT2D eigenvalue weighted by Gasteiger charge is 2.17. The molecule has 0 aliphatic carbocycles. The predicted octanol–water partition coefficient (Wildman–Crippen LogP) is 3.48. The number of ether oxygens (including phenoxy) is 2. The second-order valence-electron chi connectivity index (χ2n) is 5.26. The maximum absolute atomic E-state index is 11.6. The Hall–Kier alpha value is -1.06. The van der Waals surface area contributed by atoms with E-state index >= 15 is 0 Å². The second-order valence-corrected chi connectivity index (χ2v) is 5.26. The van der Waals surface area contributed by atoms with E-state index in [9.17, 15) is 9.59 Å². The highest BCUT2D eigenvalue weighted by molar-refractivity contribution is 5.72. The molecule has 0 aromatic heterocycles. The van der Waals surface area contributed by atoms with Crippen LogP contribution in [0.15, 0.2) is 0 Å². The molecule has 0 saturated carbocycles. The van der Waals surface area contributed by atoms with Crippen LogP contribution in [-0.2, 0) is 19.1 Å². The van der Waals surface area contributed by atoms with Crippen LogP contribution in [0.4, 0.5) is 0 Å². The van der Waals surface area contributed by atoms with Crippen molar-refractivity contribution >= 4 is 11.9 Å². The third kappa shape index (κ3) is 10.5. The monoisotopic (exact) mass is 272 g/mol. The van der Waals surface area contributed by atoms with Gasteiger partial charge in [0.25, 0.3) is 0 Å². The molecule has 112 valence electrons. The van der Waals surface area contributed by atoms with Gasteiger partial charge in [-0.1, -0.05) is 40.5 Å². The molecule has 0 aliphatic rings. The van der Waals surface area contributed by atoms with Crippen LogP contribution in [0, 0.1) is 5.92 Å². The zero-order valence-electron chi connectivity index (χ0n) is 12.7. The lowest BCUT2D eigenvalue weighted by Gasteiger charge is -2.16. The van der Waals surface area contributed by atoms with Crippen LogP contribution in [-0.4, -0.2) is 24.6 Å². The van der Waals surface area contributed by atoms with E-state index in [1.54, 1.807) is 0 Å². The average Bonchev–Trinajstić information content (AvgIpc) is 2.35. The van der Waals surface area contributed by atoms with Gasteiger partial charge in [-0.3, -0.25) is 9.59 Å². The number of esters is 2. The van der Waals surface area contributed by atoms with Gasteiger partial charge in [-0.05, 0) is 18.8 Å². The minimum absolute atomic E-state index is 0.155. The minimum atomic E-state index is -0.353. The zero-order chi connectivity index (χ0) is 14.7. The SMILES string of the molecule is CCCCCC(=O)O[C@H](CC)CC(=O)OCC(C)C. The fraction of sp³-hybridized carbons (Fsp3) is 0.867. The average molecular weight is 272 g/mol. The summed E-state index contributed by atoms with van der Waals surface area (Å²) in [4.78, 5) is 23.1. The van der Waals surface area contributed by atoms with Crippen LogP contribution in [0.2, 0.25) is 0 Å². The Morgan fingerprint density at radius 3 is 2.26 bits per heavy atom. The maximum atomic E-state index is 11.6. The van der Waals surface area contributed by atoms with Crippen molar-refractivity contribution < 1.29 is 19.1 Å². The first-order valence-electron chi connectivity index (χ1n) is 7.34. The summed E-state index contributed by atoms with van der Waals surface area (Å²) in [6, 6.07) is 0. The van der Waals surface area contributed by atoms with Gasteiger partial charge in [-0.25, -0.2) is 0 Å². The summed E-state index contributed by atoms with van der Waals surface area (Å²) in [6.07, 6.45) is 3.83. The Labute approximate surface area is 116 Å². The summed E-state index contributed by atoms with van der Waals surface area (Å²) in [5.74, 6) is -0.181. The van der Waals surface area contributed by atoms with Gasteiger partial charge in [0.05, 0.1) is 13.0 Å². The van der Waals surface area contributed by atoms with Gasteiger partial charge in [-0.2, -0.15) is 0 Å². The summed E-state index contributed by atoms with van der Waals surface area (Å²) >= 11 is 0. The highest BCUT2D eigenvalue weighted by Crippen LogP contribution is 2.09. The van der Waals surface area contributed by atoms with E-state index in [0.29, 0.717) is 25.4 Å². The molecule has 19 heavy (non-hydrogen) atoms. The van der Waals surface area contributed by atoms with E-state index in [2.05, 4.69) is 6.92 Å². The lowest BCUT2D eigenvalue weighted by atomic mass is 10.2. The van der Waals surface area contributed by atoms with E-state index < -0.39 is 0 Å². The maximum Gasteiger partial charge on any atom is 0.309 e. The molecule has 4 nitrogen and oxygen atoms in total. The molecular weight excluding hydrogens is 244 g/mol. The Kier molecular flexibility index (Phi) is 10.2. The van der Waals surface area contributed by atoms with E-state index in [0.717, 1.165) is 19.3 Å². The number of unbranched alkanes of at least 4 members (excludes halogenated alkanes) is 2. The fourth-order valence-corrected chi connectivity index (χ4v) is 1.54. The first kappa shape index (κ1) is 17.9. The third-order valence-electron chi connectivity index (χ3n) is 2.71. The number of rotatable bonds is 10. The molecule has 0 aromatic rings. The molecule has 0 radical (unpaired) electrons. The van der Waals surface area contributed by atoms with Crippen LogP contribution < -0.4 is 0 Å². The summed E-state index contributed by atoms with van der Waals surface area (Å²) in [5.41, 5.74) is 0. The lowest BCUT2D eigenvalue weighted by molar-refractivity contribution is -0.155. The van der Waals surface area contributed by atoms with E-state index in [1.807, 2.05) is 20.8 Å². The van der Waals surface area contributed by atoms with Crippen molar-refractivity contribution in [2.75, 3.05) is 6.61 Å². The quantitative estimate of drug-likeness (QED) is 0.451. The Morgan fingerprint density at radius 2 is 1.74 bits per heavy atom. The second kappa shape index (κ2) is 10.8.